The Bertz CT molecular complexity index is 1480. The molecular formula is C30H20F8O. The van der Waals surface area contributed by atoms with E-state index < -0.39 is 52.3 Å². The molecule has 0 saturated heterocycles. The Labute approximate surface area is 219 Å². The first-order chi connectivity index (χ1) is 18.5. The van der Waals surface area contributed by atoms with E-state index in [-0.39, 0.29) is 29.3 Å². The van der Waals surface area contributed by atoms with Gasteiger partial charge in [-0.15, -0.1) is 0 Å². The highest BCUT2D eigenvalue weighted by atomic mass is 19.3. The second-order valence-corrected chi connectivity index (χ2v) is 8.69. The smallest absolute Gasteiger partial charge is 0.419 e. The van der Waals surface area contributed by atoms with E-state index in [1.54, 1.807) is 6.07 Å². The van der Waals surface area contributed by atoms with Crippen molar-refractivity contribution in [1.29, 1.82) is 0 Å². The second kappa shape index (κ2) is 11.3. The van der Waals surface area contributed by atoms with E-state index in [0.29, 0.717) is 11.6 Å². The summed E-state index contributed by atoms with van der Waals surface area (Å²) in [6.45, 7) is 2.06. The summed E-state index contributed by atoms with van der Waals surface area (Å²) in [7, 11) is 0. The first-order valence-electron chi connectivity index (χ1n) is 11.8. The fourth-order valence-electron chi connectivity index (χ4n) is 3.94. The van der Waals surface area contributed by atoms with Crippen molar-refractivity contribution < 1.29 is 39.9 Å². The van der Waals surface area contributed by atoms with Crippen LogP contribution in [-0.4, -0.2) is 6.11 Å². The van der Waals surface area contributed by atoms with E-state index >= 15 is 0 Å². The van der Waals surface area contributed by atoms with Crippen LogP contribution < -0.4 is 4.74 Å². The molecule has 0 aliphatic heterocycles. The van der Waals surface area contributed by atoms with Gasteiger partial charge in [-0.1, -0.05) is 49.7 Å². The summed E-state index contributed by atoms with van der Waals surface area (Å²) < 4.78 is 116. The van der Waals surface area contributed by atoms with Crippen molar-refractivity contribution >= 4 is 6.08 Å². The minimum absolute atomic E-state index is 0.0471. The summed E-state index contributed by atoms with van der Waals surface area (Å²) in [5.74, 6) is -9.74. The number of benzene rings is 4. The molecule has 0 radical (unpaired) electrons. The van der Waals surface area contributed by atoms with Gasteiger partial charge in [0.25, 0.3) is 0 Å². The number of halogens is 8. The number of ether oxygens (including phenoxy) is 1. The van der Waals surface area contributed by atoms with Crippen LogP contribution in [0.1, 0.15) is 24.5 Å². The average molecular weight is 548 g/mol. The molecule has 0 aliphatic rings. The van der Waals surface area contributed by atoms with Crippen LogP contribution in [0.3, 0.4) is 0 Å². The zero-order chi connectivity index (χ0) is 28.3. The number of rotatable bonds is 8. The number of hydrogen-bond acceptors (Lipinski definition) is 1. The highest BCUT2D eigenvalue weighted by Gasteiger charge is 2.29. The van der Waals surface area contributed by atoms with Gasteiger partial charge in [0.05, 0.1) is 0 Å². The molecule has 0 amide bonds. The van der Waals surface area contributed by atoms with Crippen LogP contribution in [-0.2, 0) is 6.42 Å². The normalized spacial score (nSPS) is 11.8. The van der Waals surface area contributed by atoms with Gasteiger partial charge < -0.3 is 4.74 Å². The molecule has 0 saturated carbocycles. The Morgan fingerprint density at radius 2 is 1.23 bits per heavy atom. The molecule has 4 aromatic rings. The van der Waals surface area contributed by atoms with Crippen LogP contribution in [0.5, 0.6) is 5.75 Å². The van der Waals surface area contributed by atoms with Crippen molar-refractivity contribution in [2.45, 2.75) is 25.9 Å². The summed E-state index contributed by atoms with van der Waals surface area (Å²) in [5, 5.41) is 0. The molecule has 0 heterocycles. The van der Waals surface area contributed by atoms with Gasteiger partial charge in [-0.25, -0.2) is 26.3 Å². The molecule has 0 N–H and O–H groups in total. The average Bonchev–Trinajstić information content (AvgIpc) is 2.87. The van der Waals surface area contributed by atoms with Crippen molar-refractivity contribution in [2.24, 2.45) is 0 Å². The lowest BCUT2D eigenvalue weighted by Gasteiger charge is -2.15. The largest absolute Gasteiger partial charge is 0.429 e. The van der Waals surface area contributed by atoms with Crippen LogP contribution in [0.25, 0.3) is 28.3 Å². The van der Waals surface area contributed by atoms with Crippen molar-refractivity contribution in [3.8, 4) is 28.0 Å². The minimum Gasteiger partial charge on any atom is -0.429 e. The third-order valence-corrected chi connectivity index (χ3v) is 5.84. The van der Waals surface area contributed by atoms with Crippen molar-refractivity contribution in [1.82, 2.24) is 0 Å². The van der Waals surface area contributed by atoms with E-state index in [4.69, 9.17) is 0 Å². The Hall–Kier alpha value is -4.14. The summed E-state index contributed by atoms with van der Waals surface area (Å²) in [4.78, 5) is 0. The lowest BCUT2D eigenvalue weighted by atomic mass is 9.97. The summed E-state index contributed by atoms with van der Waals surface area (Å²) in [6.07, 6.45) is -2.06. The topological polar surface area (TPSA) is 9.23 Å². The van der Waals surface area contributed by atoms with Gasteiger partial charge in [0, 0.05) is 29.3 Å². The molecule has 4 rings (SSSR count). The fourth-order valence-corrected chi connectivity index (χ4v) is 3.94. The summed E-state index contributed by atoms with van der Waals surface area (Å²) in [6, 6.07) is 13.7. The standard InChI is InChI=1S/C30H20F8O/c1-2-3-17-4-6-18(7-5-17)19-8-9-22(24(31)12-19)20-13-25(32)23(26(33)14-20)10-11-30(37,38)39-21-15-27(34)29(36)28(35)16-21/h4-16H,2-3H2,1H3. The van der Waals surface area contributed by atoms with Gasteiger partial charge >= 0.3 is 6.11 Å². The van der Waals surface area contributed by atoms with Crippen LogP contribution in [0.4, 0.5) is 35.1 Å². The van der Waals surface area contributed by atoms with Crippen LogP contribution in [0, 0.1) is 34.9 Å². The van der Waals surface area contributed by atoms with Gasteiger partial charge in [0.1, 0.15) is 23.2 Å². The lowest BCUT2D eigenvalue weighted by Crippen LogP contribution is -2.21. The highest BCUT2D eigenvalue weighted by Crippen LogP contribution is 2.32. The first kappa shape index (κ1) is 27.9. The lowest BCUT2D eigenvalue weighted by molar-refractivity contribution is -0.131. The number of alkyl halides is 2. The van der Waals surface area contributed by atoms with Crippen molar-refractivity contribution in [3.05, 3.63) is 119 Å². The molecule has 1 nitrogen and oxygen atoms in total. The quantitative estimate of drug-likeness (QED) is 0.157. The number of hydrogen-bond donors (Lipinski definition) is 0. The molecular weight excluding hydrogens is 528 g/mol. The van der Waals surface area contributed by atoms with E-state index in [1.165, 1.54) is 12.1 Å². The summed E-state index contributed by atoms with van der Waals surface area (Å²) >= 11 is 0. The maximum atomic E-state index is 14.9. The molecule has 0 bridgehead atoms. The van der Waals surface area contributed by atoms with Crippen molar-refractivity contribution in [3.63, 3.8) is 0 Å². The van der Waals surface area contributed by atoms with E-state index in [9.17, 15) is 35.1 Å². The van der Waals surface area contributed by atoms with Gasteiger partial charge in [0.15, 0.2) is 17.5 Å². The molecule has 0 unspecified atom stereocenters. The van der Waals surface area contributed by atoms with Crippen LogP contribution >= 0.6 is 0 Å². The third-order valence-electron chi connectivity index (χ3n) is 5.84. The zero-order valence-electron chi connectivity index (χ0n) is 20.4. The molecule has 0 fully saturated rings. The fraction of sp³-hybridized carbons (Fsp3) is 0.133. The molecule has 0 atom stereocenters. The van der Waals surface area contributed by atoms with Crippen molar-refractivity contribution in [2.75, 3.05) is 0 Å². The van der Waals surface area contributed by atoms with E-state index in [2.05, 4.69) is 11.7 Å². The Morgan fingerprint density at radius 1 is 0.667 bits per heavy atom. The Balaban J connectivity index is 1.55. The zero-order valence-corrected chi connectivity index (χ0v) is 20.4. The Morgan fingerprint density at radius 3 is 1.79 bits per heavy atom. The molecule has 39 heavy (non-hydrogen) atoms. The monoisotopic (exact) mass is 548 g/mol. The summed E-state index contributed by atoms with van der Waals surface area (Å²) in [5.41, 5.74) is 1.30. The van der Waals surface area contributed by atoms with Gasteiger partial charge in [-0.2, -0.15) is 8.78 Å². The predicted molar refractivity (Wildman–Crippen MR) is 132 cm³/mol. The van der Waals surface area contributed by atoms with Gasteiger partial charge in [0.2, 0.25) is 0 Å². The van der Waals surface area contributed by atoms with Crippen LogP contribution in [0.15, 0.2) is 72.8 Å². The first-order valence-corrected chi connectivity index (χ1v) is 11.8. The van der Waals surface area contributed by atoms with E-state index in [1.807, 2.05) is 24.3 Å². The third kappa shape index (κ3) is 6.47. The maximum absolute atomic E-state index is 14.9. The molecule has 202 valence electrons. The van der Waals surface area contributed by atoms with Gasteiger partial charge in [-0.3, -0.25) is 0 Å². The molecule has 4 aromatic carbocycles. The number of aryl methyl sites for hydroxylation is 1. The molecule has 0 spiro atoms. The second-order valence-electron chi connectivity index (χ2n) is 8.69. The van der Waals surface area contributed by atoms with Gasteiger partial charge in [-0.05, 0) is 52.9 Å². The SMILES string of the molecule is CCCc1ccc(-c2ccc(-c3cc(F)c(C=CC(F)(F)Oc4cc(F)c(F)c(F)c4)c(F)c3)c(F)c2)cc1. The highest BCUT2D eigenvalue weighted by molar-refractivity contribution is 5.72. The molecule has 0 aliphatic carbocycles. The minimum atomic E-state index is -4.27. The van der Waals surface area contributed by atoms with Crippen LogP contribution in [0.2, 0.25) is 0 Å². The predicted octanol–water partition coefficient (Wildman–Crippen LogP) is 9.49. The molecule has 0 aromatic heterocycles. The Kier molecular flexibility index (Phi) is 8.09. The molecule has 9 heteroatoms. The van der Waals surface area contributed by atoms with E-state index in [0.717, 1.165) is 36.1 Å². The maximum Gasteiger partial charge on any atom is 0.419 e.